The minimum Gasteiger partial charge on any atom is -0.381 e. The zero-order valence-corrected chi connectivity index (χ0v) is 20.2. The van der Waals surface area contributed by atoms with Gasteiger partial charge >= 0.3 is 0 Å². The summed E-state index contributed by atoms with van der Waals surface area (Å²) in [4.78, 5) is 27.8. The molecular formula is C24H29BrClNO3. The van der Waals surface area contributed by atoms with Gasteiger partial charge in [-0.05, 0) is 79.2 Å². The fraction of sp³-hybridized carbons (Fsp3) is 0.500. The van der Waals surface area contributed by atoms with Gasteiger partial charge in [-0.15, -0.1) is 0 Å². The van der Waals surface area contributed by atoms with Gasteiger partial charge in [-0.25, -0.2) is 0 Å². The molecule has 0 atom stereocenters. The Morgan fingerprint density at radius 2 is 1.97 bits per heavy atom. The van der Waals surface area contributed by atoms with Crippen LogP contribution in [0.1, 0.15) is 63.2 Å². The Bertz CT molecular complexity index is 900. The van der Waals surface area contributed by atoms with Crippen molar-refractivity contribution in [1.82, 2.24) is 0 Å². The van der Waals surface area contributed by atoms with Crippen molar-refractivity contribution < 1.29 is 14.3 Å². The molecule has 0 radical (unpaired) electrons. The van der Waals surface area contributed by atoms with Gasteiger partial charge in [0.05, 0.1) is 10.2 Å². The maximum absolute atomic E-state index is 13.1. The zero-order valence-electron chi connectivity index (χ0n) is 17.9. The maximum Gasteiger partial charge on any atom is 0.164 e. The lowest BCUT2D eigenvalue weighted by Crippen LogP contribution is -2.39. The Morgan fingerprint density at radius 1 is 1.27 bits per heavy atom. The van der Waals surface area contributed by atoms with Crippen molar-refractivity contribution in [2.45, 2.75) is 58.9 Å². The van der Waals surface area contributed by atoms with E-state index in [9.17, 15) is 9.59 Å². The first-order chi connectivity index (χ1) is 14.3. The van der Waals surface area contributed by atoms with Crippen LogP contribution in [0.15, 0.2) is 39.4 Å². The summed E-state index contributed by atoms with van der Waals surface area (Å²) in [6.07, 6.45) is 5.15. The Balaban J connectivity index is 1.83. The second kappa shape index (κ2) is 10.3. The molecule has 0 aromatic heterocycles. The van der Waals surface area contributed by atoms with Crippen LogP contribution in [0.2, 0.25) is 5.02 Å². The molecular weight excluding hydrogens is 466 g/mol. The Morgan fingerprint density at radius 3 is 2.60 bits per heavy atom. The molecule has 0 spiro atoms. The number of allylic oxidation sites excluding steroid dienone is 4. The van der Waals surface area contributed by atoms with Gasteiger partial charge in [0.25, 0.3) is 0 Å². The van der Waals surface area contributed by atoms with Crippen LogP contribution in [0.4, 0.5) is 5.69 Å². The molecule has 6 heteroatoms. The molecule has 162 valence electrons. The first-order valence-electron chi connectivity index (χ1n) is 10.6. The third kappa shape index (κ3) is 5.24. The minimum absolute atomic E-state index is 0.00645. The van der Waals surface area contributed by atoms with Crippen LogP contribution in [0.25, 0.3) is 0 Å². The zero-order chi connectivity index (χ0) is 21.8. The molecule has 4 nitrogen and oxygen atoms in total. The molecule has 0 bridgehead atoms. The second-order valence-corrected chi connectivity index (χ2v) is 9.32. The number of hydrogen-bond acceptors (Lipinski definition) is 4. The number of ketones is 2. The van der Waals surface area contributed by atoms with E-state index in [-0.39, 0.29) is 18.0 Å². The quantitative estimate of drug-likeness (QED) is 0.417. The molecule has 1 aliphatic heterocycles. The van der Waals surface area contributed by atoms with Crippen LogP contribution < -0.4 is 4.90 Å². The molecule has 30 heavy (non-hydrogen) atoms. The van der Waals surface area contributed by atoms with Crippen molar-refractivity contribution >= 4 is 44.8 Å². The van der Waals surface area contributed by atoms with Gasteiger partial charge in [0, 0.05) is 49.2 Å². The summed E-state index contributed by atoms with van der Waals surface area (Å²) in [6.45, 7) is 8.35. The first kappa shape index (κ1) is 23.2. The molecule has 1 aromatic rings. The number of benzene rings is 1. The van der Waals surface area contributed by atoms with Crippen molar-refractivity contribution in [1.29, 1.82) is 0 Å². The Hall–Kier alpha value is -1.43. The summed E-state index contributed by atoms with van der Waals surface area (Å²) in [5, 5.41) is 0.546. The van der Waals surface area contributed by atoms with E-state index in [1.54, 1.807) is 6.07 Å². The van der Waals surface area contributed by atoms with Gasteiger partial charge in [0.1, 0.15) is 0 Å². The first-order valence-corrected chi connectivity index (χ1v) is 11.8. The fourth-order valence-corrected chi connectivity index (χ4v) is 5.30. The van der Waals surface area contributed by atoms with Gasteiger partial charge in [-0.1, -0.05) is 23.3 Å². The summed E-state index contributed by atoms with van der Waals surface area (Å²) < 4.78 is 6.28. The molecule has 2 aliphatic rings. The normalized spacial score (nSPS) is 17.9. The summed E-state index contributed by atoms with van der Waals surface area (Å²) in [7, 11) is 0. The number of ether oxygens (including phenoxy) is 1. The minimum atomic E-state index is -0.00645. The van der Waals surface area contributed by atoms with E-state index in [2.05, 4.69) is 27.8 Å². The van der Waals surface area contributed by atoms with Gasteiger partial charge in [-0.3, -0.25) is 9.59 Å². The Kier molecular flexibility index (Phi) is 7.94. The molecule has 1 aromatic carbocycles. The molecule has 0 amide bonds. The average Bonchev–Trinajstić information content (AvgIpc) is 2.70. The highest BCUT2D eigenvalue weighted by Gasteiger charge is 2.25. The number of Topliss-reactive ketones (excluding diaryl/α,β-unsaturated/α-hetero) is 2. The van der Waals surface area contributed by atoms with E-state index in [1.165, 1.54) is 0 Å². The molecule has 1 fully saturated rings. The lowest BCUT2D eigenvalue weighted by molar-refractivity contribution is -0.115. The lowest BCUT2D eigenvalue weighted by Gasteiger charge is -2.36. The monoisotopic (exact) mass is 493 g/mol. The van der Waals surface area contributed by atoms with E-state index in [1.807, 2.05) is 26.0 Å². The van der Waals surface area contributed by atoms with Crippen LogP contribution in [0.3, 0.4) is 0 Å². The maximum atomic E-state index is 13.1. The molecule has 3 rings (SSSR count). The van der Waals surface area contributed by atoms with E-state index >= 15 is 0 Å². The van der Waals surface area contributed by atoms with Crippen molar-refractivity contribution in [3.05, 3.63) is 50.0 Å². The summed E-state index contributed by atoms with van der Waals surface area (Å²) in [6, 6.07) is 4.01. The van der Waals surface area contributed by atoms with Crippen molar-refractivity contribution in [2.24, 2.45) is 0 Å². The SMILES string of the molecule is CCN(c1cc(Cl)cc(C(=O)CCC2=C(C)C=C(C)CC2=O)c1Br)C1CCOCC1. The standard InChI is InChI=1S/C24H29BrClNO3/c1-4-27(18-7-9-30-10-8-18)21-14-17(26)13-20(24(21)25)22(28)6-5-19-16(3)11-15(2)12-23(19)29/h11,13-14,18H,4-10,12H2,1-3H3. The summed E-state index contributed by atoms with van der Waals surface area (Å²) in [5.74, 6) is 0.121. The lowest BCUT2D eigenvalue weighted by atomic mass is 9.89. The molecule has 0 unspecified atom stereocenters. The molecule has 0 saturated carbocycles. The van der Waals surface area contributed by atoms with Gasteiger partial charge in [0.15, 0.2) is 11.6 Å². The molecule has 0 N–H and O–H groups in total. The highest BCUT2D eigenvalue weighted by atomic mass is 79.9. The van der Waals surface area contributed by atoms with E-state index in [0.717, 1.165) is 59.5 Å². The van der Waals surface area contributed by atoms with Gasteiger partial charge in [-0.2, -0.15) is 0 Å². The summed E-state index contributed by atoms with van der Waals surface area (Å²) >= 11 is 10.1. The predicted octanol–water partition coefficient (Wildman–Crippen LogP) is 6.31. The smallest absolute Gasteiger partial charge is 0.164 e. The highest BCUT2D eigenvalue weighted by Crippen LogP contribution is 2.37. The van der Waals surface area contributed by atoms with Gasteiger partial charge < -0.3 is 9.64 Å². The highest BCUT2D eigenvalue weighted by molar-refractivity contribution is 9.10. The number of carbonyl (C=O) groups excluding carboxylic acids is 2. The van der Waals surface area contributed by atoms with E-state index in [0.29, 0.717) is 29.5 Å². The molecule has 1 aliphatic carbocycles. The largest absolute Gasteiger partial charge is 0.381 e. The number of carbonyl (C=O) groups is 2. The molecule has 1 heterocycles. The molecule has 1 saturated heterocycles. The topological polar surface area (TPSA) is 46.6 Å². The van der Waals surface area contributed by atoms with Crippen LogP contribution in [0.5, 0.6) is 0 Å². The number of rotatable bonds is 7. The van der Waals surface area contributed by atoms with Gasteiger partial charge in [0.2, 0.25) is 0 Å². The van der Waals surface area contributed by atoms with Crippen molar-refractivity contribution in [2.75, 3.05) is 24.7 Å². The number of anilines is 1. The van der Waals surface area contributed by atoms with Crippen molar-refractivity contribution in [3.8, 4) is 0 Å². The fourth-order valence-electron chi connectivity index (χ4n) is 4.41. The average molecular weight is 495 g/mol. The van der Waals surface area contributed by atoms with E-state index in [4.69, 9.17) is 16.3 Å². The van der Waals surface area contributed by atoms with E-state index < -0.39 is 0 Å². The third-order valence-electron chi connectivity index (χ3n) is 5.92. The summed E-state index contributed by atoms with van der Waals surface area (Å²) in [5.41, 5.74) is 4.34. The number of nitrogens with zero attached hydrogens (tertiary/aromatic N) is 1. The number of hydrogen-bond donors (Lipinski definition) is 0. The van der Waals surface area contributed by atoms with Crippen molar-refractivity contribution in [3.63, 3.8) is 0 Å². The van der Waals surface area contributed by atoms with Crippen LogP contribution in [0, 0.1) is 0 Å². The van der Waals surface area contributed by atoms with Crippen LogP contribution in [-0.2, 0) is 9.53 Å². The van der Waals surface area contributed by atoms with Crippen LogP contribution >= 0.6 is 27.5 Å². The second-order valence-electron chi connectivity index (χ2n) is 8.09. The van der Waals surface area contributed by atoms with Crippen LogP contribution in [-0.4, -0.2) is 37.4 Å². The predicted molar refractivity (Wildman–Crippen MR) is 126 cm³/mol. The third-order valence-corrected chi connectivity index (χ3v) is 6.97. The Labute approximate surface area is 192 Å². The number of halogens is 2.